The first kappa shape index (κ1) is 15.9. The van der Waals surface area contributed by atoms with Crippen molar-refractivity contribution < 1.29 is 27.9 Å². The van der Waals surface area contributed by atoms with Crippen LogP contribution in [0.4, 0.5) is 13.2 Å². The van der Waals surface area contributed by atoms with Crippen molar-refractivity contribution in [3.8, 4) is 0 Å². The summed E-state index contributed by atoms with van der Waals surface area (Å²) in [6.45, 7) is -2.52. The Labute approximate surface area is 113 Å². The smallest absolute Gasteiger partial charge is 0.406 e. The zero-order valence-electron chi connectivity index (χ0n) is 10.4. The van der Waals surface area contributed by atoms with Crippen molar-refractivity contribution in [1.82, 2.24) is 9.88 Å². The standard InChI is InChI=1S/C12H13F3N2O3/c13-12(14,15)8-17(7-11(19)20)10(18)2-1-9-3-5-16-6-4-9/h3-6H,1-2,7-8H2,(H,19,20). The maximum Gasteiger partial charge on any atom is 0.406 e. The number of aryl methyl sites for hydroxylation is 1. The highest BCUT2D eigenvalue weighted by Crippen LogP contribution is 2.17. The fraction of sp³-hybridized carbons (Fsp3) is 0.417. The average molecular weight is 290 g/mol. The summed E-state index contributed by atoms with van der Waals surface area (Å²) < 4.78 is 36.9. The van der Waals surface area contributed by atoms with Crippen LogP contribution < -0.4 is 0 Å². The highest BCUT2D eigenvalue weighted by molar-refractivity contribution is 5.81. The zero-order chi connectivity index (χ0) is 15.2. The number of carbonyl (C=O) groups is 2. The van der Waals surface area contributed by atoms with Crippen molar-refractivity contribution in [2.45, 2.75) is 19.0 Å². The molecule has 0 aromatic carbocycles. The first-order valence-electron chi connectivity index (χ1n) is 5.73. The number of rotatable bonds is 6. The molecule has 0 unspecified atom stereocenters. The van der Waals surface area contributed by atoms with Gasteiger partial charge in [0.2, 0.25) is 5.91 Å². The van der Waals surface area contributed by atoms with Crippen LogP contribution in [0.1, 0.15) is 12.0 Å². The summed E-state index contributed by atoms with van der Waals surface area (Å²) in [5.41, 5.74) is 0.746. The Bertz CT molecular complexity index is 463. The number of pyridine rings is 1. The Kier molecular flexibility index (Phi) is 5.48. The molecule has 5 nitrogen and oxygen atoms in total. The summed E-state index contributed by atoms with van der Waals surface area (Å²) in [6.07, 6.45) is -1.57. The first-order chi connectivity index (χ1) is 9.28. The Morgan fingerprint density at radius 3 is 2.35 bits per heavy atom. The van der Waals surface area contributed by atoms with Crippen LogP contribution in [0.3, 0.4) is 0 Å². The molecule has 1 aromatic rings. The Morgan fingerprint density at radius 2 is 1.85 bits per heavy atom. The maximum absolute atomic E-state index is 12.3. The summed E-state index contributed by atoms with van der Waals surface area (Å²) in [7, 11) is 0. The van der Waals surface area contributed by atoms with Gasteiger partial charge in [0.25, 0.3) is 0 Å². The van der Waals surface area contributed by atoms with Crippen molar-refractivity contribution in [1.29, 1.82) is 0 Å². The molecule has 1 N–H and O–H groups in total. The van der Waals surface area contributed by atoms with Gasteiger partial charge in [-0.15, -0.1) is 0 Å². The molecule has 8 heteroatoms. The molecule has 20 heavy (non-hydrogen) atoms. The van der Waals surface area contributed by atoms with E-state index >= 15 is 0 Å². The zero-order valence-corrected chi connectivity index (χ0v) is 10.4. The van der Waals surface area contributed by atoms with Crippen LogP contribution in [0, 0.1) is 0 Å². The third kappa shape index (κ3) is 6.17. The molecule has 0 aliphatic carbocycles. The van der Waals surface area contributed by atoms with E-state index < -0.39 is 31.1 Å². The first-order valence-corrected chi connectivity index (χ1v) is 5.73. The molecule has 1 rings (SSSR count). The van der Waals surface area contributed by atoms with Crippen molar-refractivity contribution in [3.05, 3.63) is 30.1 Å². The topological polar surface area (TPSA) is 70.5 Å². The highest BCUT2D eigenvalue weighted by Gasteiger charge is 2.33. The van der Waals surface area contributed by atoms with Crippen LogP contribution in [-0.4, -0.2) is 46.1 Å². The third-order valence-corrected chi connectivity index (χ3v) is 2.43. The molecule has 0 aliphatic rings. The minimum Gasteiger partial charge on any atom is -0.480 e. The van der Waals surface area contributed by atoms with Crippen molar-refractivity contribution in [3.63, 3.8) is 0 Å². The predicted octanol–water partition coefficient (Wildman–Crippen LogP) is 1.49. The van der Waals surface area contributed by atoms with Gasteiger partial charge in [-0.3, -0.25) is 14.6 Å². The van der Waals surface area contributed by atoms with Gasteiger partial charge in [0.1, 0.15) is 13.1 Å². The van der Waals surface area contributed by atoms with E-state index in [-0.39, 0.29) is 12.8 Å². The fourth-order valence-corrected chi connectivity index (χ4v) is 1.57. The number of nitrogens with zero attached hydrogens (tertiary/aromatic N) is 2. The fourth-order valence-electron chi connectivity index (χ4n) is 1.57. The average Bonchev–Trinajstić information content (AvgIpc) is 2.34. The molecule has 0 saturated carbocycles. The molecule has 1 amide bonds. The molecule has 0 radical (unpaired) electrons. The second-order valence-corrected chi connectivity index (χ2v) is 4.11. The van der Waals surface area contributed by atoms with Crippen LogP contribution in [-0.2, 0) is 16.0 Å². The van der Waals surface area contributed by atoms with Gasteiger partial charge in [0, 0.05) is 18.8 Å². The quantitative estimate of drug-likeness (QED) is 0.861. The summed E-state index contributed by atoms with van der Waals surface area (Å²) in [5, 5.41) is 8.55. The highest BCUT2D eigenvalue weighted by atomic mass is 19.4. The predicted molar refractivity (Wildman–Crippen MR) is 62.8 cm³/mol. The van der Waals surface area contributed by atoms with Gasteiger partial charge in [-0.05, 0) is 24.1 Å². The molecule has 0 aliphatic heterocycles. The summed E-state index contributed by atoms with van der Waals surface area (Å²) >= 11 is 0. The minimum absolute atomic E-state index is 0.187. The molecule has 1 aromatic heterocycles. The molecule has 0 spiro atoms. The second-order valence-electron chi connectivity index (χ2n) is 4.11. The molecule has 0 fully saturated rings. The van der Waals surface area contributed by atoms with Gasteiger partial charge in [-0.2, -0.15) is 13.2 Å². The number of amides is 1. The lowest BCUT2D eigenvalue weighted by Gasteiger charge is -2.22. The van der Waals surface area contributed by atoms with Gasteiger partial charge in [-0.25, -0.2) is 0 Å². The molecular formula is C12H13F3N2O3. The number of halogens is 3. The molecular weight excluding hydrogens is 277 g/mol. The number of alkyl halides is 3. The monoisotopic (exact) mass is 290 g/mol. The van der Waals surface area contributed by atoms with Gasteiger partial charge in [0.05, 0.1) is 0 Å². The van der Waals surface area contributed by atoms with E-state index in [0.29, 0.717) is 4.90 Å². The van der Waals surface area contributed by atoms with E-state index in [0.717, 1.165) is 5.56 Å². The Balaban J connectivity index is 2.61. The van der Waals surface area contributed by atoms with Crippen LogP contribution in [0.15, 0.2) is 24.5 Å². The van der Waals surface area contributed by atoms with Gasteiger partial charge >= 0.3 is 12.1 Å². The summed E-state index contributed by atoms with van der Waals surface area (Å²) in [6, 6.07) is 3.27. The number of carbonyl (C=O) groups excluding carboxylic acids is 1. The number of aliphatic carboxylic acids is 1. The normalized spacial score (nSPS) is 11.2. The SMILES string of the molecule is O=C(O)CN(CC(F)(F)F)C(=O)CCc1ccncc1. The van der Waals surface area contributed by atoms with Gasteiger partial charge in [-0.1, -0.05) is 0 Å². The lowest BCUT2D eigenvalue weighted by atomic mass is 10.1. The molecule has 110 valence electrons. The van der Waals surface area contributed by atoms with E-state index in [1.807, 2.05) is 0 Å². The summed E-state index contributed by atoms with van der Waals surface area (Å²) in [4.78, 5) is 26.3. The van der Waals surface area contributed by atoms with Crippen molar-refractivity contribution in [2.75, 3.05) is 13.1 Å². The lowest BCUT2D eigenvalue weighted by molar-refractivity contribution is -0.165. The molecule has 0 bridgehead atoms. The molecule has 1 heterocycles. The van der Waals surface area contributed by atoms with E-state index in [4.69, 9.17) is 5.11 Å². The number of hydrogen-bond donors (Lipinski definition) is 1. The number of carboxylic acid groups (broad SMARTS) is 1. The van der Waals surface area contributed by atoms with Crippen LogP contribution in [0.5, 0.6) is 0 Å². The van der Waals surface area contributed by atoms with E-state index in [1.165, 1.54) is 12.4 Å². The molecule has 0 saturated heterocycles. The van der Waals surface area contributed by atoms with E-state index in [2.05, 4.69) is 4.98 Å². The maximum atomic E-state index is 12.3. The Hall–Kier alpha value is -2.12. The number of hydrogen-bond acceptors (Lipinski definition) is 3. The Morgan fingerprint density at radius 1 is 1.25 bits per heavy atom. The van der Waals surface area contributed by atoms with E-state index in [1.54, 1.807) is 12.1 Å². The molecule has 0 atom stereocenters. The van der Waals surface area contributed by atoms with Gasteiger partial charge < -0.3 is 10.0 Å². The van der Waals surface area contributed by atoms with Crippen molar-refractivity contribution >= 4 is 11.9 Å². The van der Waals surface area contributed by atoms with E-state index in [9.17, 15) is 22.8 Å². The van der Waals surface area contributed by atoms with Crippen LogP contribution in [0.25, 0.3) is 0 Å². The summed E-state index contributed by atoms with van der Waals surface area (Å²) in [5.74, 6) is -2.33. The van der Waals surface area contributed by atoms with Crippen LogP contribution >= 0.6 is 0 Å². The van der Waals surface area contributed by atoms with Gasteiger partial charge in [0.15, 0.2) is 0 Å². The number of aromatic nitrogens is 1. The van der Waals surface area contributed by atoms with Crippen LogP contribution in [0.2, 0.25) is 0 Å². The van der Waals surface area contributed by atoms with Crippen molar-refractivity contribution in [2.24, 2.45) is 0 Å². The minimum atomic E-state index is -4.62. The largest absolute Gasteiger partial charge is 0.480 e. The lowest BCUT2D eigenvalue weighted by Crippen LogP contribution is -2.42. The second kappa shape index (κ2) is 6.88. The third-order valence-electron chi connectivity index (χ3n) is 2.43. The number of carboxylic acids is 1.